The van der Waals surface area contributed by atoms with Gasteiger partial charge in [0.2, 0.25) is 5.91 Å². The lowest BCUT2D eigenvalue weighted by molar-refractivity contribution is -0.137. The van der Waals surface area contributed by atoms with Crippen LogP contribution in [0, 0.1) is 0 Å². The van der Waals surface area contributed by atoms with Gasteiger partial charge in [-0.2, -0.15) is 13.2 Å². The van der Waals surface area contributed by atoms with Crippen molar-refractivity contribution in [3.63, 3.8) is 0 Å². The van der Waals surface area contributed by atoms with E-state index in [4.69, 9.17) is 5.73 Å². The zero-order valence-electron chi connectivity index (χ0n) is 9.64. The molecule has 0 aliphatic heterocycles. The number of hydrogen-bond acceptors (Lipinski definition) is 1. The van der Waals surface area contributed by atoms with E-state index < -0.39 is 17.6 Å². The number of carbonyl (C=O) groups is 1. The first-order valence-corrected chi connectivity index (χ1v) is 5.19. The Labute approximate surface area is 97.6 Å². The van der Waals surface area contributed by atoms with Gasteiger partial charge in [0, 0.05) is 0 Å². The van der Waals surface area contributed by atoms with Crippen molar-refractivity contribution < 1.29 is 18.0 Å². The summed E-state index contributed by atoms with van der Waals surface area (Å²) in [5, 5.41) is 0. The van der Waals surface area contributed by atoms with E-state index in [0.717, 1.165) is 12.1 Å². The largest absolute Gasteiger partial charge is 0.416 e. The van der Waals surface area contributed by atoms with E-state index in [-0.39, 0.29) is 12.3 Å². The molecule has 0 aliphatic carbocycles. The Morgan fingerprint density at radius 2 is 1.88 bits per heavy atom. The topological polar surface area (TPSA) is 43.1 Å². The number of rotatable bonds is 3. The number of hydrogen-bond donors (Lipinski definition) is 1. The van der Waals surface area contributed by atoms with Gasteiger partial charge in [-0.15, -0.1) is 0 Å². The van der Waals surface area contributed by atoms with Crippen molar-refractivity contribution in [1.29, 1.82) is 0 Å². The molecule has 5 heteroatoms. The summed E-state index contributed by atoms with van der Waals surface area (Å²) in [6.07, 6.45) is -4.58. The van der Waals surface area contributed by atoms with E-state index in [1.54, 1.807) is 19.9 Å². The summed E-state index contributed by atoms with van der Waals surface area (Å²) in [7, 11) is 0. The van der Waals surface area contributed by atoms with Gasteiger partial charge < -0.3 is 5.73 Å². The molecule has 0 saturated heterocycles. The lowest BCUT2D eigenvalue weighted by atomic mass is 9.96. The first kappa shape index (κ1) is 13.5. The van der Waals surface area contributed by atoms with Crippen LogP contribution in [-0.4, -0.2) is 5.91 Å². The number of amides is 1. The molecule has 0 saturated carbocycles. The van der Waals surface area contributed by atoms with Gasteiger partial charge in [-0.05, 0) is 29.2 Å². The summed E-state index contributed by atoms with van der Waals surface area (Å²) in [5.74, 6) is -0.678. The highest BCUT2D eigenvalue weighted by Gasteiger charge is 2.31. The van der Waals surface area contributed by atoms with Crippen LogP contribution in [0.15, 0.2) is 18.2 Å². The average Bonchev–Trinajstić information content (AvgIpc) is 2.14. The molecule has 0 atom stereocenters. The van der Waals surface area contributed by atoms with Crippen LogP contribution in [0.1, 0.15) is 36.5 Å². The van der Waals surface area contributed by atoms with Gasteiger partial charge in [-0.25, -0.2) is 0 Å². The first-order valence-electron chi connectivity index (χ1n) is 5.19. The molecule has 0 radical (unpaired) electrons. The Morgan fingerprint density at radius 1 is 1.29 bits per heavy atom. The smallest absolute Gasteiger partial charge is 0.369 e. The number of carbonyl (C=O) groups excluding carboxylic acids is 1. The maximum Gasteiger partial charge on any atom is 0.416 e. The Balaban J connectivity index is 3.23. The Bertz CT molecular complexity index is 424. The molecule has 94 valence electrons. The predicted octanol–water partition coefficient (Wildman–Crippen LogP) is 2.86. The lowest BCUT2D eigenvalue weighted by Crippen LogP contribution is -2.15. The van der Waals surface area contributed by atoms with Crippen LogP contribution in [0.3, 0.4) is 0 Å². The molecule has 0 unspecified atom stereocenters. The zero-order chi connectivity index (χ0) is 13.2. The summed E-state index contributed by atoms with van der Waals surface area (Å²) in [6, 6.07) is 3.66. The fourth-order valence-corrected chi connectivity index (χ4v) is 1.52. The van der Waals surface area contributed by atoms with Crippen LogP contribution < -0.4 is 5.73 Å². The summed E-state index contributed by atoms with van der Waals surface area (Å²) >= 11 is 0. The summed E-state index contributed by atoms with van der Waals surface area (Å²) in [4.78, 5) is 10.8. The molecule has 1 aromatic carbocycles. The van der Waals surface area contributed by atoms with Gasteiger partial charge in [-0.3, -0.25) is 4.79 Å². The molecule has 1 aromatic rings. The average molecular weight is 245 g/mol. The second kappa shape index (κ2) is 4.77. The third-order valence-electron chi connectivity index (χ3n) is 2.39. The number of halogens is 3. The molecule has 0 aliphatic rings. The number of alkyl halides is 3. The van der Waals surface area contributed by atoms with Crippen LogP contribution in [0.2, 0.25) is 0 Å². The molecule has 17 heavy (non-hydrogen) atoms. The van der Waals surface area contributed by atoms with Gasteiger partial charge >= 0.3 is 6.18 Å². The van der Waals surface area contributed by atoms with E-state index >= 15 is 0 Å². The summed E-state index contributed by atoms with van der Waals surface area (Å²) in [5.41, 5.74) is 5.11. The molecule has 2 N–H and O–H groups in total. The molecular formula is C12H14F3NO. The normalized spacial score (nSPS) is 11.9. The Hall–Kier alpha value is -1.52. The predicted molar refractivity (Wildman–Crippen MR) is 58.4 cm³/mol. The van der Waals surface area contributed by atoms with Crippen molar-refractivity contribution >= 4 is 5.91 Å². The molecule has 1 amide bonds. The van der Waals surface area contributed by atoms with Crippen LogP contribution in [-0.2, 0) is 17.4 Å². The van der Waals surface area contributed by atoms with Gasteiger partial charge in [0.15, 0.2) is 0 Å². The second-order valence-electron chi connectivity index (χ2n) is 4.26. The van der Waals surface area contributed by atoms with Crippen LogP contribution >= 0.6 is 0 Å². The maximum atomic E-state index is 12.6. The van der Waals surface area contributed by atoms with Crippen LogP contribution in [0.4, 0.5) is 13.2 Å². The molecule has 0 fully saturated rings. The number of benzene rings is 1. The molecule has 0 bridgehead atoms. The van der Waals surface area contributed by atoms with Crippen molar-refractivity contribution in [2.75, 3.05) is 0 Å². The quantitative estimate of drug-likeness (QED) is 0.874. The number of primary amides is 1. The molecule has 0 spiro atoms. The van der Waals surface area contributed by atoms with E-state index in [0.29, 0.717) is 11.1 Å². The molecule has 2 nitrogen and oxygen atoms in total. The molecular weight excluding hydrogens is 231 g/mol. The maximum absolute atomic E-state index is 12.6. The Kier molecular flexibility index (Phi) is 3.80. The standard InChI is InChI=1S/C12H14F3NO/c1-7(2)9-3-8(5-11(16)17)4-10(6-9)12(13,14)15/h3-4,6-7H,5H2,1-2H3,(H2,16,17). The van der Waals surface area contributed by atoms with Crippen molar-refractivity contribution in [2.45, 2.75) is 32.4 Å². The van der Waals surface area contributed by atoms with E-state index in [1.165, 1.54) is 0 Å². The van der Waals surface area contributed by atoms with E-state index in [9.17, 15) is 18.0 Å². The monoisotopic (exact) mass is 245 g/mol. The van der Waals surface area contributed by atoms with E-state index in [1.807, 2.05) is 0 Å². The van der Waals surface area contributed by atoms with Crippen LogP contribution in [0.25, 0.3) is 0 Å². The molecule has 1 rings (SSSR count). The molecule has 0 aromatic heterocycles. The van der Waals surface area contributed by atoms with E-state index in [2.05, 4.69) is 0 Å². The van der Waals surface area contributed by atoms with Gasteiger partial charge in [-0.1, -0.05) is 19.9 Å². The first-order chi connectivity index (χ1) is 7.70. The van der Waals surface area contributed by atoms with Crippen molar-refractivity contribution in [3.8, 4) is 0 Å². The number of nitrogens with two attached hydrogens (primary N) is 1. The van der Waals surface area contributed by atoms with Crippen molar-refractivity contribution in [2.24, 2.45) is 5.73 Å². The third-order valence-corrected chi connectivity index (χ3v) is 2.39. The highest BCUT2D eigenvalue weighted by molar-refractivity contribution is 5.76. The summed E-state index contributed by atoms with van der Waals surface area (Å²) < 4.78 is 37.9. The van der Waals surface area contributed by atoms with Crippen molar-refractivity contribution in [3.05, 3.63) is 34.9 Å². The zero-order valence-corrected chi connectivity index (χ0v) is 9.64. The Morgan fingerprint density at radius 3 is 2.29 bits per heavy atom. The fraction of sp³-hybridized carbons (Fsp3) is 0.417. The third kappa shape index (κ3) is 3.76. The minimum absolute atomic E-state index is 0.0380. The van der Waals surface area contributed by atoms with Crippen LogP contribution in [0.5, 0.6) is 0 Å². The SMILES string of the molecule is CC(C)c1cc(CC(N)=O)cc(C(F)(F)F)c1. The fourth-order valence-electron chi connectivity index (χ4n) is 1.52. The second-order valence-corrected chi connectivity index (χ2v) is 4.26. The van der Waals surface area contributed by atoms with Gasteiger partial charge in [0.25, 0.3) is 0 Å². The minimum atomic E-state index is -4.41. The van der Waals surface area contributed by atoms with Gasteiger partial charge in [0.05, 0.1) is 12.0 Å². The van der Waals surface area contributed by atoms with Crippen molar-refractivity contribution in [1.82, 2.24) is 0 Å². The minimum Gasteiger partial charge on any atom is -0.369 e. The highest BCUT2D eigenvalue weighted by Crippen LogP contribution is 2.32. The summed E-state index contributed by atoms with van der Waals surface area (Å²) in [6.45, 7) is 3.59. The lowest BCUT2D eigenvalue weighted by Gasteiger charge is -2.13. The highest BCUT2D eigenvalue weighted by atomic mass is 19.4. The molecule has 0 heterocycles. The van der Waals surface area contributed by atoms with Gasteiger partial charge in [0.1, 0.15) is 0 Å².